The van der Waals surface area contributed by atoms with Gasteiger partial charge in [-0.3, -0.25) is 0 Å². The molecule has 0 aromatic carbocycles. The van der Waals surface area contributed by atoms with Crippen LogP contribution in [0.3, 0.4) is 0 Å². The van der Waals surface area contributed by atoms with Crippen molar-refractivity contribution in [1.29, 1.82) is 0 Å². The Hall–Kier alpha value is -1.83. The van der Waals surface area contributed by atoms with Crippen molar-refractivity contribution in [2.45, 2.75) is 38.9 Å². The minimum atomic E-state index is -0.523. The Morgan fingerprint density at radius 1 is 1.38 bits per heavy atom. The third kappa shape index (κ3) is 4.83. The summed E-state index contributed by atoms with van der Waals surface area (Å²) in [6.45, 7) is 6.50. The first kappa shape index (κ1) is 18.5. The van der Waals surface area contributed by atoms with Gasteiger partial charge in [0, 0.05) is 19.2 Å². The van der Waals surface area contributed by atoms with E-state index < -0.39 is 11.6 Å². The third-order valence-electron chi connectivity index (χ3n) is 3.30. The number of rotatable bonds is 3. The molecule has 1 aromatic heterocycles. The lowest BCUT2D eigenvalue weighted by Gasteiger charge is -2.24. The van der Waals surface area contributed by atoms with Crippen molar-refractivity contribution in [2.75, 3.05) is 20.2 Å². The van der Waals surface area contributed by atoms with Gasteiger partial charge in [0.1, 0.15) is 11.7 Å². The number of hydrogen-bond donors (Lipinski definition) is 0. The Bertz CT molecular complexity index is 629. The number of amides is 1. The number of pyridine rings is 1. The van der Waals surface area contributed by atoms with Gasteiger partial charge in [0.05, 0.1) is 23.7 Å². The molecular formula is C16H21BrN2O5. The zero-order valence-corrected chi connectivity index (χ0v) is 15.8. The largest absolute Gasteiger partial charge is 0.472 e. The van der Waals surface area contributed by atoms with Gasteiger partial charge in [-0.2, -0.15) is 0 Å². The quantitative estimate of drug-likeness (QED) is 0.725. The molecule has 7 nitrogen and oxygen atoms in total. The predicted octanol–water partition coefficient (Wildman–Crippen LogP) is 3.02. The first-order valence-electron chi connectivity index (χ1n) is 7.58. The van der Waals surface area contributed by atoms with E-state index in [0.717, 1.165) is 0 Å². The highest BCUT2D eigenvalue weighted by atomic mass is 79.9. The summed E-state index contributed by atoms with van der Waals surface area (Å²) in [5.74, 6) is -0.0922. The van der Waals surface area contributed by atoms with Crippen LogP contribution in [-0.2, 0) is 9.47 Å². The number of likely N-dealkylation sites (tertiary alicyclic amines) is 1. The highest BCUT2D eigenvalue weighted by Gasteiger charge is 2.31. The summed E-state index contributed by atoms with van der Waals surface area (Å²) in [6.07, 6.45) is 1.56. The molecule has 1 saturated heterocycles. The van der Waals surface area contributed by atoms with Crippen molar-refractivity contribution in [3.05, 3.63) is 22.3 Å². The lowest BCUT2D eigenvalue weighted by Crippen LogP contribution is -2.36. The minimum absolute atomic E-state index is 0.176. The van der Waals surface area contributed by atoms with Crippen molar-refractivity contribution in [2.24, 2.45) is 0 Å². The Morgan fingerprint density at radius 2 is 2.08 bits per heavy atom. The van der Waals surface area contributed by atoms with Crippen molar-refractivity contribution in [3.63, 3.8) is 0 Å². The Balaban J connectivity index is 1.96. The molecule has 132 valence electrons. The monoisotopic (exact) mass is 400 g/mol. The number of carbonyl (C=O) groups is 2. The summed E-state index contributed by atoms with van der Waals surface area (Å²) in [5.41, 5.74) is -0.192. The zero-order chi connectivity index (χ0) is 17.9. The second-order valence-corrected chi connectivity index (χ2v) is 7.31. The van der Waals surface area contributed by atoms with Crippen LogP contribution in [0, 0.1) is 0 Å². The Labute approximate surface area is 149 Å². The maximum Gasteiger partial charge on any atom is 0.410 e. The molecule has 8 heteroatoms. The lowest BCUT2D eigenvalue weighted by molar-refractivity contribution is 0.0274. The normalized spacial score (nSPS) is 17.5. The number of carbonyl (C=O) groups excluding carboxylic acids is 2. The van der Waals surface area contributed by atoms with Crippen LogP contribution in [0.1, 0.15) is 37.6 Å². The summed E-state index contributed by atoms with van der Waals surface area (Å²) in [5, 5.41) is 0. The van der Waals surface area contributed by atoms with E-state index >= 15 is 0 Å². The van der Waals surface area contributed by atoms with Crippen molar-refractivity contribution < 1.29 is 23.8 Å². The van der Waals surface area contributed by atoms with Crippen LogP contribution in [0.4, 0.5) is 4.79 Å². The van der Waals surface area contributed by atoms with E-state index in [2.05, 4.69) is 25.7 Å². The molecule has 1 amide bonds. The van der Waals surface area contributed by atoms with E-state index in [4.69, 9.17) is 9.47 Å². The Morgan fingerprint density at radius 3 is 2.67 bits per heavy atom. The molecule has 1 atom stereocenters. The minimum Gasteiger partial charge on any atom is -0.472 e. The maximum atomic E-state index is 12.1. The number of aromatic nitrogens is 1. The second-order valence-electron chi connectivity index (χ2n) is 6.46. The van der Waals surface area contributed by atoms with E-state index in [1.165, 1.54) is 13.3 Å². The number of esters is 1. The summed E-state index contributed by atoms with van der Waals surface area (Å²) >= 11 is 3.34. The molecule has 0 radical (unpaired) electrons. The van der Waals surface area contributed by atoms with Crippen LogP contribution in [0.5, 0.6) is 5.88 Å². The molecule has 0 spiro atoms. The van der Waals surface area contributed by atoms with Gasteiger partial charge < -0.3 is 19.1 Å². The molecule has 1 aliphatic heterocycles. The summed E-state index contributed by atoms with van der Waals surface area (Å²) in [7, 11) is 1.31. The van der Waals surface area contributed by atoms with Gasteiger partial charge in [-0.15, -0.1) is 0 Å². The summed E-state index contributed by atoms with van der Waals surface area (Å²) in [6, 6.07) is 1.59. The van der Waals surface area contributed by atoms with Crippen LogP contribution in [-0.4, -0.2) is 53.9 Å². The fraction of sp³-hybridized carbons (Fsp3) is 0.562. The molecule has 0 bridgehead atoms. The average Bonchev–Trinajstić information content (AvgIpc) is 2.95. The van der Waals surface area contributed by atoms with Crippen LogP contribution in [0.25, 0.3) is 0 Å². The average molecular weight is 401 g/mol. The zero-order valence-electron chi connectivity index (χ0n) is 14.2. The molecule has 24 heavy (non-hydrogen) atoms. The van der Waals surface area contributed by atoms with E-state index in [9.17, 15) is 9.59 Å². The smallest absolute Gasteiger partial charge is 0.410 e. The molecule has 0 saturated carbocycles. The van der Waals surface area contributed by atoms with E-state index in [-0.39, 0.29) is 12.2 Å². The summed E-state index contributed by atoms with van der Waals surface area (Å²) in [4.78, 5) is 29.3. The van der Waals surface area contributed by atoms with Gasteiger partial charge in [-0.1, -0.05) is 0 Å². The number of nitrogens with zero attached hydrogens (tertiary/aromatic N) is 2. The highest BCUT2D eigenvalue weighted by molar-refractivity contribution is 9.10. The van der Waals surface area contributed by atoms with Crippen LogP contribution in [0.15, 0.2) is 16.7 Å². The van der Waals surface area contributed by atoms with E-state index in [0.29, 0.717) is 35.4 Å². The third-order valence-corrected chi connectivity index (χ3v) is 3.87. The molecule has 2 rings (SSSR count). The number of hydrogen-bond acceptors (Lipinski definition) is 6. The molecule has 1 fully saturated rings. The van der Waals surface area contributed by atoms with Gasteiger partial charge in [0.25, 0.3) is 0 Å². The Kier molecular flexibility index (Phi) is 5.69. The van der Waals surface area contributed by atoms with Gasteiger partial charge in [0.15, 0.2) is 0 Å². The molecule has 1 aliphatic rings. The first-order valence-corrected chi connectivity index (χ1v) is 8.37. The van der Waals surface area contributed by atoms with Crippen LogP contribution < -0.4 is 4.74 Å². The fourth-order valence-electron chi connectivity index (χ4n) is 2.22. The first-order chi connectivity index (χ1) is 11.2. The van der Waals surface area contributed by atoms with E-state index in [1.807, 2.05) is 20.8 Å². The van der Waals surface area contributed by atoms with Crippen LogP contribution in [0.2, 0.25) is 0 Å². The predicted molar refractivity (Wildman–Crippen MR) is 90.1 cm³/mol. The van der Waals surface area contributed by atoms with Crippen molar-refractivity contribution in [1.82, 2.24) is 9.88 Å². The second kappa shape index (κ2) is 7.38. The van der Waals surface area contributed by atoms with E-state index in [1.54, 1.807) is 11.0 Å². The molecular weight excluding hydrogens is 380 g/mol. The standard InChI is InChI=1S/C16H21BrN2O5/c1-16(2,3)24-15(21)19-6-5-11(9-19)23-13-12(17)7-10(8-18-13)14(20)22-4/h7-8,11H,5-6,9H2,1-4H3/t11-/m0/s1. The van der Waals surface area contributed by atoms with Crippen molar-refractivity contribution in [3.8, 4) is 5.88 Å². The molecule has 0 unspecified atom stereocenters. The van der Waals surface area contributed by atoms with Crippen molar-refractivity contribution >= 4 is 28.0 Å². The van der Waals surface area contributed by atoms with Crippen LogP contribution >= 0.6 is 15.9 Å². The molecule has 2 heterocycles. The van der Waals surface area contributed by atoms with Gasteiger partial charge >= 0.3 is 12.1 Å². The van der Waals surface area contributed by atoms with Gasteiger partial charge in [-0.05, 0) is 42.8 Å². The van der Waals surface area contributed by atoms with Gasteiger partial charge in [0.2, 0.25) is 5.88 Å². The maximum absolute atomic E-state index is 12.1. The number of ether oxygens (including phenoxy) is 3. The molecule has 1 aromatic rings. The fourth-order valence-corrected chi connectivity index (χ4v) is 2.66. The topological polar surface area (TPSA) is 78.0 Å². The lowest BCUT2D eigenvalue weighted by atomic mass is 10.2. The summed E-state index contributed by atoms with van der Waals surface area (Å²) < 4.78 is 16.4. The molecule has 0 aliphatic carbocycles. The SMILES string of the molecule is COC(=O)c1cnc(O[C@H]2CCN(C(=O)OC(C)(C)C)C2)c(Br)c1. The van der Waals surface area contributed by atoms with Gasteiger partial charge in [-0.25, -0.2) is 14.6 Å². The molecule has 0 N–H and O–H groups in total. The highest BCUT2D eigenvalue weighted by Crippen LogP contribution is 2.26. The number of methoxy groups -OCH3 is 1. The number of halogens is 1.